The van der Waals surface area contributed by atoms with E-state index in [0.29, 0.717) is 11.8 Å². The van der Waals surface area contributed by atoms with E-state index in [-0.39, 0.29) is 17.6 Å². The van der Waals surface area contributed by atoms with E-state index in [4.69, 9.17) is 4.74 Å². The van der Waals surface area contributed by atoms with Crippen LogP contribution in [0.1, 0.15) is 27.7 Å². The third kappa shape index (κ3) is 2.20. The van der Waals surface area contributed by atoms with Crippen LogP contribution in [0.2, 0.25) is 0 Å². The molecule has 0 aromatic heterocycles. The Kier molecular flexibility index (Phi) is 3.94. The lowest BCUT2D eigenvalue weighted by Gasteiger charge is -2.40. The number of carbonyl (C=O) groups is 2. The van der Waals surface area contributed by atoms with Gasteiger partial charge in [-0.1, -0.05) is 27.7 Å². The van der Waals surface area contributed by atoms with E-state index in [0.717, 1.165) is 0 Å². The summed E-state index contributed by atoms with van der Waals surface area (Å²) in [6, 6.07) is 0. The monoisotopic (exact) mass is 228 g/mol. The smallest absolute Gasteiger partial charge is 0.438 e. The van der Waals surface area contributed by atoms with Crippen LogP contribution in [0.25, 0.3) is 0 Å². The van der Waals surface area contributed by atoms with Crippen molar-refractivity contribution in [3.63, 3.8) is 0 Å². The molecule has 1 aliphatic rings. The van der Waals surface area contributed by atoms with E-state index >= 15 is 0 Å². The lowest BCUT2D eigenvalue weighted by Crippen LogP contribution is -2.48. The largest absolute Gasteiger partial charge is 0.508 e. The normalized spacial score (nSPS) is 39.3. The molecular weight excluding hydrogens is 208 g/mol. The molecule has 0 aromatic carbocycles. The first-order valence-electron chi connectivity index (χ1n) is 5.68. The Morgan fingerprint density at radius 2 is 1.62 bits per heavy atom. The molecule has 5 unspecified atom stereocenters. The summed E-state index contributed by atoms with van der Waals surface area (Å²) < 4.78 is 9.48. The van der Waals surface area contributed by atoms with Gasteiger partial charge in [-0.25, -0.2) is 4.79 Å². The molecule has 5 atom stereocenters. The van der Waals surface area contributed by atoms with Crippen molar-refractivity contribution in [1.29, 1.82) is 0 Å². The Morgan fingerprint density at radius 1 is 1.06 bits per heavy atom. The van der Waals surface area contributed by atoms with Crippen molar-refractivity contribution in [2.75, 3.05) is 7.11 Å². The number of rotatable bonds is 1. The molecule has 0 N–H and O–H groups in total. The van der Waals surface area contributed by atoms with Crippen molar-refractivity contribution in [1.82, 2.24) is 0 Å². The molecule has 1 rings (SSSR count). The van der Waals surface area contributed by atoms with E-state index in [1.54, 1.807) is 0 Å². The zero-order valence-corrected chi connectivity index (χ0v) is 10.5. The molecule has 0 radical (unpaired) electrons. The fourth-order valence-electron chi connectivity index (χ4n) is 2.30. The highest BCUT2D eigenvalue weighted by Gasteiger charge is 2.44. The topological polar surface area (TPSA) is 52.6 Å². The summed E-state index contributed by atoms with van der Waals surface area (Å²) in [6.45, 7) is 7.99. The van der Waals surface area contributed by atoms with Gasteiger partial charge in [-0.15, -0.1) is 0 Å². The Bertz CT molecular complexity index is 287. The van der Waals surface area contributed by atoms with Crippen LogP contribution in [-0.4, -0.2) is 25.2 Å². The van der Waals surface area contributed by atoms with Gasteiger partial charge in [0.25, 0.3) is 0 Å². The molecule has 0 spiro atoms. The first-order valence-corrected chi connectivity index (χ1v) is 5.68. The Labute approximate surface area is 96.3 Å². The van der Waals surface area contributed by atoms with E-state index < -0.39 is 12.3 Å². The van der Waals surface area contributed by atoms with Crippen LogP contribution in [0.5, 0.6) is 0 Å². The van der Waals surface area contributed by atoms with Gasteiger partial charge in [0.15, 0.2) is 11.9 Å². The van der Waals surface area contributed by atoms with Crippen molar-refractivity contribution in [3.8, 4) is 0 Å². The standard InChI is InChI=1S/C12H20O4/c1-6-7(2)9(4)11(10(13)8(6)3)16-12(14)15-5/h6-9,11H,1-5H3. The second kappa shape index (κ2) is 4.85. The molecule has 92 valence electrons. The molecule has 0 bridgehead atoms. The van der Waals surface area contributed by atoms with Crippen molar-refractivity contribution in [2.45, 2.75) is 33.8 Å². The Morgan fingerprint density at radius 3 is 2.12 bits per heavy atom. The summed E-state index contributed by atoms with van der Waals surface area (Å²) in [5, 5.41) is 0. The molecule has 4 nitrogen and oxygen atoms in total. The molecule has 0 heterocycles. The van der Waals surface area contributed by atoms with Crippen molar-refractivity contribution < 1.29 is 19.1 Å². The number of ketones is 1. The van der Waals surface area contributed by atoms with Gasteiger partial charge in [0, 0.05) is 11.8 Å². The predicted molar refractivity (Wildman–Crippen MR) is 58.9 cm³/mol. The molecule has 0 aliphatic heterocycles. The van der Waals surface area contributed by atoms with Crippen LogP contribution in [0, 0.1) is 23.7 Å². The highest BCUT2D eigenvalue weighted by atomic mass is 16.7. The summed E-state index contributed by atoms with van der Waals surface area (Å²) in [7, 11) is 1.25. The lowest BCUT2D eigenvalue weighted by atomic mass is 9.67. The van der Waals surface area contributed by atoms with E-state index in [2.05, 4.69) is 18.6 Å². The maximum atomic E-state index is 12.0. The quantitative estimate of drug-likeness (QED) is 0.646. The molecule has 1 aliphatic carbocycles. The molecule has 1 fully saturated rings. The fraction of sp³-hybridized carbons (Fsp3) is 0.833. The average Bonchev–Trinajstić information content (AvgIpc) is 2.29. The number of carbonyl (C=O) groups excluding carboxylic acids is 2. The maximum Gasteiger partial charge on any atom is 0.508 e. The Balaban J connectivity index is 2.82. The minimum absolute atomic E-state index is 0.00324. The zero-order valence-electron chi connectivity index (χ0n) is 10.5. The van der Waals surface area contributed by atoms with Gasteiger partial charge in [-0.05, 0) is 11.8 Å². The first kappa shape index (κ1) is 13.0. The number of hydrogen-bond acceptors (Lipinski definition) is 4. The van der Waals surface area contributed by atoms with Gasteiger partial charge in [0.05, 0.1) is 7.11 Å². The predicted octanol–water partition coefficient (Wildman–Crippen LogP) is 2.27. The van der Waals surface area contributed by atoms with E-state index in [1.807, 2.05) is 13.8 Å². The van der Waals surface area contributed by atoms with Crippen LogP contribution < -0.4 is 0 Å². The van der Waals surface area contributed by atoms with Crippen molar-refractivity contribution >= 4 is 11.9 Å². The van der Waals surface area contributed by atoms with Crippen molar-refractivity contribution in [2.24, 2.45) is 23.7 Å². The summed E-state index contributed by atoms with van der Waals surface area (Å²) in [5.74, 6) is 0.643. The maximum absolute atomic E-state index is 12.0. The van der Waals surface area contributed by atoms with E-state index in [9.17, 15) is 9.59 Å². The second-order valence-corrected chi connectivity index (χ2v) is 4.76. The van der Waals surface area contributed by atoms with Crippen molar-refractivity contribution in [3.05, 3.63) is 0 Å². The first-order chi connectivity index (χ1) is 7.40. The molecule has 1 saturated carbocycles. The van der Waals surface area contributed by atoms with Gasteiger partial charge >= 0.3 is 6.16 Å². The molecule has 0 saturated heterocycles. The fourth-order valence-corrected chi connectivity index (χ4v) is 2.30. The van der Waals surface area contributed by atoms with Gasteiger partial charge in [0.2, 0.25) is 0 Å². The minimum Gasteiger partial charge on any atom is -0.438 e. The lowest BCUT2D eigenvalue weighted by molar-refractivity contribution is -0.144. The number of Topliss-reactive ketones (excluding diaryl/α,β-unsaturated/α-hetero) is 1. The highest BCUT2D eigenvalue weighted by Crippen LogP contribution is 2.37. The third-order valence-corrected chi connectivity index (χ3v) is 4.04. The molecule has 0 amide bonds. The van der Waals surface area contributed by atoms with Gasteiger partial charge in [-0.3, -0.25) is 4.79 Å². The number of ether oxygens (including phenoxy) is 2. The number of methoxy groups -OCH3 is 1. The summed E-state index contributed by atoms with van der Waals surface area (Å²) >= 11 is 0. The molecule has 0 aromatic rings. The minimum atomic E-state index is -0.779. The third-order valence-electron chi connectivity index (χ3n) is 4.04. The van der Waals surface area contributed by atoms with Gasteiger partial charge < -0.3 is 9.47 Å². The second-order valence-electron chi connectivity index (χ2n) is 4.76. The SMILES string of the molecule is COC(=O)OC1C(=O)C(C)C(C)C(C)C1C. The number of hydrogen-bond donors (Lipinski definition) is 0. The summed E-state index contributed by atoms with van der Waals surface area (Å²) in [4.78, 5) is 23.1. The molecule has 4 heteroatoms. The Hall–Kier alpha value is -1.06. The summed E-state index contributed by atoms with van der Waals surface area (Å²) in [6.07, 6.45) is -1.44. The highest BCUT2D eigenvalue weighted by molar-refractivity contribution is 5.88. The van der Waals surface area contributed by atoms with Crippen LogP contribution in [-0.2, 0) is 14.3 Å². The van der Waals surface area contributed by atoms with Gasteiger partial charge in [0.1, 0.15) is 0 Å². The van der Waals surface area contributed by atoms with Crippen LogP contribution in [0.15, 0.2) is 0 Å². The average molecular weight is 228 g/mol. The van der Waals surface area contributed by atoms with Crippen LogP contribution >= 0.6 is 0 Å². The molecular formula is C12H20O4. The van der Waals surface area contributed by atoms with Gasteiger partial charge in [-0.2, -0.15) is 0 Å². The van der Waals surface area contributed by atoms with E-state index in [1.165, 1.54) is 7.11 Å². The van der Waals surface area contributed by atoms with Crippen LogP contribution in [0.4, 0.5) is 4.79 Å². The van der Waals surface area contributed by atoms with Crippen LogP contribution in [0.3, 0.4) is 0 Å². The zero-order chi connectivity index (χ0) is 12.5. The summed E-state index contributed by atoms with van der Waals surface area (Å²) in [5.41, 5.74) is 0. The molecule has 16 heavy (non-hydrogen) atoms.